The van der Waals surface area contributed by atoms with Gasteiger partial charge in [-0.05, 0) is 45.4 Å². The third-order valence-electron chi connectivity index (χ3n) is 3.97. The second kappa shape index (κ2) is 5.75. The highest BCUT2D eigenvalue weighted by molar-refractivity contribution is 5.37. The molecule has 20 heavy (non-hydrogen) atoms. The zero-order valence-electron chi connectivity index (χ0n) is 12.3. The molecule has 0 unspecified atom stereocenters. The lowest BCUT2D eigenvalue weighted by Crippen LogP contribution is -2.35. The molecule has 3 rings (SSSR count). The number of likely N-dealkylation sites (tertiary alicyclic amines) is 1. The van der Waals surface area contributed by atoms with Gasteiger partial charge in [0, 0.05) is 25.2 Å². The largest absolute Gasteiger partial charge is 0.299 e. The monoisotopic (exact) mass is 270 g/mol. The summed E-state index contributed by atoms with van der Waals surface area (Å²) in [6, 6.07) is 6.07. The minimum atomic E-state index is 0.492. The van der Waals surface area contributed by atoms with E-state index in [0.29, 0.717) is 5.92 Å². The van der Waals surface area contributed by atoms with E-state index >= 15 is 0 Å². The Morgan fingerprint density at radius 2 is 2.25 bits per heavy atom. The SMILES string of the molecule is CC(C)=CCN1CCC[C@H](c2nnc3ccccn23)C1. The number of piperidine rings is 1. The Bertz CT molecular complexity index is 610. The van der Waals surface area contributed by atoms with Crippen LogP contribution in [0, 0.1) is 0 Å². The molecular formula is C16H22N4. The molecule has 2 aromatic heterocycles. The Balaban J connectivity index is 1.78. The van der Waals surface area contributed by atoms with Crippen molar-refractivity contribution in [3.8, 4) is 0 Å². The number of hydrogen-bond acceptors (Lipinski definition) is 3. The van der Waals surface area contributed by atoms with Crippen LogP contribution in [0.4, 0.5) is 0 Å². The van der Waals surface area contributed by atoms with Crippen LogP contribution in [-0.4, -0.2) is 39.1 Å². The average molecular weight is 270 g/mol. The quantitative estimate of drug-likeness (QED) is 0.804. The van der Waals surface area contributed by atoms with E-state index in [0.717, 1.165) is 24.6 Å². The molecule has 0 N–H and O–H groups in total. The lowest BCUT2D eigenvalue weighted by atomic mass is 9.97. The van der Waals surface area contributed by atoms with Crippen LogP contribution in [0.15, 0.2) is 36.0 Å². The summed E-state index contributed by atoms with van der Waals surface area (Å²) >= 11 is 0. The molecule has 0 saturated carbocycles. The molecule has 2 aromatic rings. The summed E-state index contributed by atoms with van der Waals surface area (Å²) in [5, 5.41) is 8.70. The van der Waals surface area contributed by atoms with E-state index in [1.165, 1.54) is 25.0 Å². The number of fused-ring (bicyclic) bond motifs is 1. The molecule has 4 nitrogen and oxygen atoms in total. The van der Waals surface area contributed by atoms with Gasteiger partial charge in [-0.25, -0.2) is 0 Å². The van der Waals surface area contributed by atoms with Gasteiger partial charge in [0.2, 0.25) is 0 Å². The predicted molar refractivity (Wildman–Crippen MR) is 80.8 cm³/mol. The minimum Gasteiger partial charge on any atom is -0.299 e. The fourth-order valence-electron chi connectivity index (χ4n) is 2.88. The Hall–Kier alpha value is -1.68. The topological polar surface area (TPSA) is 33.4 Å². The van der Waals surface area contributed by atoms with Gasteiger partial charge in [0.05, 0.1) is 0 Å². The molecule has 0 aliphatic carbocycles. The van der Waals surface area contributed by atoms with Crippen LogP contribution >= 0.6 is 0 Å². The van der Waals surface area contributed by atoms with Gasteiger partial charge in [-0.2, -0.15) is 0 Å². The van der Waals surface area contributed by atoms with Crippen LogP contribution < -0.4 is 0 Å². The maximum absolute atomic E-state index is 4.42. The molecule has 1 atom stereocenters. The highest BCUT2D eigenvalue weighted by atomic mass is 15.3. The fourth-order valence-corrected chi connectivity index (χ4v) is 2.88. The van der Waals surface area contributed by atoms with Crippen molar-refractivity contribution >= 4 is 5.65 Å². The summed E-state index contributed by atoms with van der Waals surface area (Å²) in [6.07, 6.45) is 6.83. The summed E-state index contributed by atoms with van der Waals surface area (Å²) in [5.74, 6) is 1.61. The van der Waals surface area contributed by atoms with Crippen LogP contribution in [0.3, 0.4) is 0 Å². The lowest BCUT2D eigenvalue weighted by molar-refractivity contribution is 0.223. The third-order valence-corrected chi connectivity index (χ3v) is 3.97. The average Bonchev–Trinajstić information content (AvgIpc) is 2.89. The van der Waals surface area contributed by atoms with Crippen LogP contribution in [-0.2, 0) is 0 Å². The molecule has 0 bridgehead atoms. The highest BCUT2D eigenvalue weighted by Gasteiger charge is 2.24. The van der Waals surface area contributed by atoms with E-state index in [1.807, 2.05) is 18.2 Å². The second-order valence-corrected chi connectivity index (χ2v) is 5.87. The highest BCUT2D eigenvalue weighted by Crippen LogP contribution is 2.25. The fraction of sp³-hybridized carbons (Fsp3) is 0.500. The van der Waals surface area contributed by atoms with Crippen LogP contribution in [0.2, 0.25) is 0 Å². The van der Waals surface area contributed by atoms with E-state index in [2.05, 4.69) is 45.6 Å². The van der Waals surface area contributed by atoms with E-state index in [4.69, 9.17) is 0 Å². The predicted octanol–water partition coefficient (Wildman–Crippen LogP) is 2.87. The van der Waals surface area contributed by atoms with Crippen molar-refractivity contribution in [3.63, 3.8) is 0 Å². The van der Waals surface area contributed by atoms with Crippen LogP contribution in [0.5, 0.6) is 0 Å². The maximum atomic E-state index is 4.42. The number of pyridine rings is 1. The zero-order chi connectivity index (χ0) is 13.9. The lowest BCUT2D eigenvalue weighted by Gasteiger charge is -2.31. The maximum Gasteiger partial charge on any atom is 0.160 e. The van der Waals surface area contributed by atoms with Crippen molar-refractivity contribution < 1.29 is 0 Å². The van der Waals surface area contributed by atoms with Gasteiger partial charge in [-0.15, -0.1) is 10.2 Å². The standard InChI is InChI=1S/C16H22N4/c1-13(2)8-11-19-9-5-6-14(12-19)16-18-17-15-7-3-4-10-20(15)16/h3-4,7-8,10,14H,5-6,9,11-12H2,1-2H3/t14-/m0/s1. The molecule has 0 amide bonds. The van der Waals surface area contributed by atoms with Crippen LogP contribution in [0.25, 0.3) is 5.65 Å². The van der Waals surface area contributed by atoms with Gasteiger partial charge >= 0.3 is 0 Å². The summed E-state index contributed by atoms with van der Waals surface area (Å²) in [4.78, 5) is 2.52. The minimum absolute atomic E-state index is 0.492. The van der Waals surface area contributed by atoms with Gasteiger partial charge < -0.3 is 0 Å². The number of allylic oxidation sites excluding steroid dienone is 1. The number of nitrogens with zero attached hydrogens (tertiary/aromatic N) is 4. The summed E-state index contributed by atoms with van der Waals surface area (Å²) in [5.41, 5.74) is 2.34. The van der Waals surface area contributed by atoms with Crippen molar-refractivity contribution in [3.05, 3.63) is 41.9 Å². The van der Waals surface area contributed by atoms with E-state index in [-0.39, 0.29) is 0 Å². The van der Waals surface area contributed by atoms with Gasteiger partial charge in [0.15, 0.2) is 5.65 Å². The molecule has 0 radical (unpaired) electrons. The van der Waals surface area contributed by atoms with Crippen molar-refractivity contribution in [2.24, 2.45) is 0 Å². The molecule has 106 valence electrons. The van der Waals surface area contributed by atoms with Gasteiger partial charge in [-0.3, -0.25) is 9.30 Å². The molecule has 1 aliphatic rings. The first-order chi connectivity index (χ1) is 9.74. The zero-order valence-corrected chi connectivity index (χ0v) is 12.3. The Morgan fingerprint density at radius 3 is 3.10 bits per heavy atom. The first-order valence-corrected chi connectivity index (χ1v) is 7.39. The van der Waals surface area contributed by atoms with Crippen molar-refractivity contribution in [2.75, 3.05) is 19.6 Å². The summed E-state index contributed by atoms with van der Waals surface area (Å²) < 4.78 is 2.13. The van der Waals surface area contributed by atoms with Gasteiger partial charge in [0.25, 0.3) is 0 Å². The van der Waals surface area contributed by atoms with E-state index in [1.54, 1.807) is 0 Å². The van der Waals surface area contributed by atoms with Crippen molar-refractivity contribution in [2.45, 2.75) is 32.6 Å². The van der Waals surface area contributed by atoms with Crippen LogP contribution in [0.1, 0.15) is 38.4 Å². The first kappa shape index (κ1) is 13.3. The number of rotatable bonds is 3. The number of hydrogen-bond donors (Lipinski definition) is 0. The molecule has 3 heterocycles. The molecule has 4 heteroatoms. The molecule has 0 aromatic carbocycles. The Kier molecular flexibility index (Phi) is 3.83. The van der Waals surface area contributed by atoms with Gasteiger partial charge in [0.1, 0.15) is 5.82 Å². The number of aromatic nitrogens is 3. The molecule has 1 saturated heterocycles. The second-order valence-electron chi connectivity index (χ2n) is 5.87. The molecular weight excluding hydrogens is 248 g/mol. The summed E-state index contributed by atoms with van der Waals surface area (Å²) in [7, 11) is 0. The Morgan fingerprint density at radius 1 is 1.35 bits per heavy atom. The Labute approximate surface area is 120 Å². The molecule has 0 spiro atoms. The van der Waals surface area contributed by atoms with Crippen molar-refractivity contribution in [1.29, 1.82) is 0 Å². The first-order valence-electron chi connectivity index (χ1n) is 7.39. The normalized spacial score (nSPS) is 20.2. The molecule has 1 fully saturated rings. The van der Waals surface area contributed by atoms with E-state index < -0.39 is 0 Å². The van der Waals surface area contributed by atoms with Crippen molar-refractivity contribution in [1.82, 2.24) is 19.5 Å². The van der Waals surface area contributed by atoms with Gasteiger partial charge in [-0.1, -0.05) is 17.7 Å². The smallest absolute Gasteiger partial charge is 0.160 e. The molecule has 1 aliphatic heterocycles. The third kappa shape index (κ3) is 2.75. The summed E-state index contributed by atoms with van der Waals surface area (Å²) in [6.45, 7) is 7.65. The van der Waals surface area contributed by atoms with E-state index in [9.17, 15) is 0 Å².